The summed E-state index contributed by atoms with van der Waals surface area (Å²) < 4.78 is 5.63. The van der Waals surface area contributed by atoms with Crippen molar-refractivity contribution < 1.29 is 4.74 Å². The molecule has 0 saturated carbocycles. The van der Waals surface area contributed by atoms with E-state index in [0.29, 0.717) is 10.8 Å². The van der Waals surface area contributed by atoms with E-state index in [1.54, 1.807) is 0 Å². The zero-order chi connectivity index (χ0) is 10.6. The van der Waals surface area contributed by atoms with Gasteiger partial charge in [0.2, 0.25) is 0 Å². The Labute approximate surface area is 89.5 Å². The highest BCUT2D eigenvalue weighted by atomic mass is 32.1. The molecular formula is C10H22OSSi. The third kappa shape index (κ3) is 4.77. The van der Waals surface area contributed by atoms with Crippen LogP contribution >= 0.6 is 12.2 Å². The molecule has 0 spiro atoms. The second kappa shape index (κ2) is 5.76. The maximum atomic E-state index is 5.63. The van der Waals surface area contributed by atoms with E-state index in [2.05, 4.69) is 34.6 Å². The van der Waals surface area contributed by atoms with Gasteiger partial charge in [-0.25, -0.2) is 0 Å². The Bertz CT molecular complexity index is 160. The zero-order valence-corrected chi connectivity index (χ0v) is 11.6. The van der Waals surface area contributed by atoms with Crippen molar-refractivity contribution in [3.8, 4) is 0 Å². The highest BCUT2D eigenvalue weighted by Crippen LogP contribution is 2.24. The molecule has 3 heteroatoms. The average molecular weight is 218 g/mol. The van der Waals surface area contributed by atoms with Gasteiger partial charge in [-0.1, -0.05) is 38.8 Å². The number of hydrogen-bond acceptors (Lipinski definition) is 2. The van der Waals surface area contributed by atoms with E-state index in [1.165, 1.54) is 0 Å². The predicted octanol–water partition coefficient (Wildman–Crippen LogP) is 3.33. The lowest BCUT2D eigenvalue weighted by molar-refractivity contribution is 0.280. The van der Waals surface area contributed by atoms with Crippen LogP contribution in [0.2, 0.25) is 11.1 Å². The van der Waals surface area contributed by atoms with Crippen LogP contribution in [0.5, 0.6) is 0 Å². The largest absolute Gasteiger partial charge is 0.489 e. The van der Waals surface area contributed by atoms with E-state index < -0.39 is 8.80 Å². The van der Waals surface area contributed by atoms with E-state index in [9.17, 15) is 0 Å². The minimum Gasteiger partial charge on any atom is -0.489 e. The summed E-state index contributed by atoms with van der Waals surface area (Å²) in [5.74, 6) is 0. The number of ether oxygens (including phenoxy) is 1. The van der Waals surface area contributed by atoms with Crippen LogP contribution in [0.25, 0.3) is 0 Å². The van der Waals surface area contributed by atoms with E-state index in [-0.39, 0.29) is 0 Å². The highest BCUT2D eigenvalue weighted by Gasteiger charge is 2.27. The maximum Gasteiger partial charge on any atom is 0.156 e. The van der Waals surface area contributed by atoms with E-state index in [1.807, 2.05) is 6.92 Å². The van der Waals surface area contributed by atoms with Crippen molar-refractivity contribution in [2.75, 3.05) is 0 Å². The van der Waals surface area contributed by atoms with Crippen molar-refractivity contribution in [1.29, 1.82) is 0 Å². The van der Waals surface area contributed by atoms with Gasteiger partial charge >= 0.3 is 0 Å². The normalized spacial score (nSPS) is 13.9. The van der Waals surface area contributed by atoms with Crippen molar-refractivity contribution in [1.82, 2.24) is 0 Å². The molecule has 0 saturated heterocycles. The number of thiocarbonyl (C=S) groups is 1. The first-order valence-corrected chi connectivity index (χ1v) is 7.44. The summed E-state index contributed by atoms with van der Waals surface area (Å²) in [6, 6.07) is 0. The molecule has 0 N–H and O–H groups in total. The second-order valence-electron chi connectivity index (χ2n) is 4.38. The maximum absolute atomic E-state index is 5.63. The molecule has 1 atom stereocenters. The summed E-state index contributed by atoms with van der Waals surface area (Å²) in [6.45, 7) is 13.2. The average Bonchev–Trinajstić information content (AvgIpc) is 1.81. The van der Waals surface area contributed by atoms with Crippen LogP contribution in [0.4, 0.5) is 0 Å². The summed E-state index contributed by atoms with van der Waals surface area (Å²) in [4.78, 5) is 0. The van der Waals surface area contributed by atoms with Gasteiger partial charge < -0.3 is 4.74 Å². The van der Waals surface area contributed by atoms with Gasteiger partial charge in [-0.2, -0.15) is 0 Å². The van der Waals surface area contributed by atoms with Gasteiger partial charge in [-0.15, -0.1) is 0 Å². The molecule has 1 unspecified atom stereocenters. The first-order chi connectivity index (χ1) is 5.86. The number of hydrogen-bond donors (Lipinski definition) is 0. The Morgan fingerprint density at radius 3 is 1.69 bits per heavy atom. The predicted molar refractivity (Wildman–Crippen MR) is 66.2 cm³/mol. The Hall–Kier alpha value is 0.107. The monoisotopic (exact) mass is 218 g/mol. The molecule has 0 rings (SSSR count). The molecule has 0 aromatic carbocycles. The minimum absolute atomic E-state index is 0.373. The van der Waals surface area contributed by atoms with Gasteiger partial charge in [-0.05, 0) is 19.1 Å². The van der Waals surface area contributed by atoms with Crippen LogP contribution in [-0.2, 0) is 4.74 Å². The molecule has 0 aliphatic heterocycles. The summed E-state index contributed by atoms with van der Waals surface area (Å²) >= 11 is 4.96. The van der Waals surface area contributed by atoms with Crippen molar-refractivity contribution >= 4 is 26.1 Å². The van der Waals surface area contributed by atoms with Crippen LogP contribution in [-0.4, -0.2) is 19.6 Å². The first-order valence-electron chi connectivity index (χ1n) is 5.03. The first kappa shape index (κ1) is 13.1. The van der Waals surface area contributed by atoms with Gasteiger partial charge in [-0.3, -0.25) is 0 Å². The van der Waals surface area contributed by atoms with Crippen molar-refractivity contribution in [2.45, 2.75) is 58.4 Å². The molecule has 0 fully saturated rings. The molecule has 0 bridgehead atoms. The fourth-order valence-electron chi connectivity index (χ4n) is 2.19. The third-order valence-electron chi connectivity index (χ3n) is 2.43. The lowest BCUT2D eigenvalue weighted by Crippen LogP contribution is -2.37. The zero-order valence-electron chi connectivity index (χ0n) is 9.63. The van der Waals surface area contributed by atoms with Gasteiger partial charge in [0.15, 0.2) is 5.05 Å². The smallest absolute Gasteiger partial charge is 0.156 e. The molecule has 0 amide bonds. The lowest BCUT2D eigenvalue weighted by atomic mass is 10.5. The molecular weight excluding hydrogens is 196 g/mol. The Kier molecular flexibility index (Phi) is 5.80. The topological polar surface area (TPSA) is 9.23 Å². The Morgan fingerprint density at radius 2 is 1.46 bits per heavy atom. The van der Waals surface area contributed by atoms with Crippen molar-refractivity contribution in [3.63, 3.8) is 0 Å². The van der Waals surface area contributed by atoms with Gasteiger partial charge in [0.05, 0.1) is 14.5 Å². The molecule has 0 aliphatic carbocycles. The molecule has 0 radical (unpaired) electrons. The molecule has 78 valence electrons. The van der Waals surface area contributed by atoms with Gasteiger partial charge in [0, 0.05) is 6.92 Å². The van der Waals surface area contributed by atoms with Gasteiger partial charge in [0.1, 0.15) is 0 Å². The Morgan fingerprint density at radius 1 is 1.08 bits per heavy atom. The fraction of sp³-hybridized carbons (Fsp3) is 0.900. The Balaban J connectivity index is 4.28. The second-order valence-corrected chi connectivity index (χ2v) is 9.72. The lowest BCUT2D eigenvalue weighted by Gasteiger charge is -2.29. The SMILES string of the molecule is CC(=S)OC(C)[SiH](C(C)C)C(C)C. The van der Waals surface area contributed by atoms with Crippen LogP contribution in [0.15, 0.2) is 0 Å². The molecule has 0 aliphatic rings. The third-order valence-corrected chi connectivity index (χ3v) is 6.83. The van der Waals surface area contributed by atoms with E-state index >= 15 is 0 Å². The minimum atomic E-state index is -0.840. The van der Waals surface area contributed by atoms with Gasteiger partial charge in [0.25, 0.3) is 0 Å². The molecule has 0 aromatic heterocycles. The van der Waals surface area contributed by atoms with Crippen molar-refractivity contribution in [2.24, 2.45) is 0 Å². The van der Waals surface area contributed by atoms with Crippen molar-refractivity contribution in [3.05, 3.63) is 0 Å². The van der Waals surface area contributed by atoms with Crippen LogP contribution in [0.3, 0.4) is 0 Å². The molecule has 0 aromatic rings. The molecule has 1 nitrogen and oxygen atoms in total. The highest BCUT2D eigenvalue weighted by molar-refractivity contribution is 7.80. The summed E-state index contributed by atoms with van der Waals surface area (Å²) in [5, 5.41) is 0.686. The van der Waals surface area contributed by atoms with Crippen LogP contribution in [0, 0.1) is 0 Å². The standard InChI is InChI=1S/C10H22OSSi/c1-7(2)13(8(3)4)10(6)11-9(5)12/h7-8,10,13H,1-6H3. The fourth-order valence-corrected chi connectivity index (χ4v) is 6.51. The summed E-state index contributed by atoms with van der Waals surface area (Å²) in [6.07, 6.45) is 0. The van der Waals surface area contributed by atoms with E-state index in [4.69, 9.17) is 17.0 Å². The van der Waals surface area contributed by atoms with Crippen LogP contribution in [0.1, 0.15) is 41.5 Å². The van der Waals surface area contributed by atoms with E-state index in [0.717, 1.165) is 11.1 Å². The molecule has 13 heavy (non-hydrogen) atoms. The molecule has 0 heterocycles. The van der Waals surface area contributed by atoms with Crippen LogP contribution < -0.4 is 0 Å². The quantitative estimate of drug-likeness (QED) is 0.529. The number of rotatable bonds is 4. The summed E-state index contributed by atoms with van der Waals surface area (Å²) in [7, 11) is -0.840. The summed E-state index contributed by atoms with van der Waals surface area (Å²) in [5.41, 5.74) is 1.94.